The smallest absolute Gasteiger partial charge is 0.304 e. The number of aromatic nitrogens is 3. The minimum atomic E-state index is -4.02. The highest BCUT2D eigenvalue weighted by Crippen LogP contribution is 2.37. The highest BCUT2D eigenvalue weighted by atomic mass is 32.2. The van der Waals surface area contributed by atoms with Gasteiger partial charge in [-0.25, -0.2) is 19.3 Å². The molecule has 1 aliphatic rings. The Bertz CT molecular complexity index is 706. The van der Waals surface area contributed by atoms with Crippen LogP contribution in [0.1, 0.15) is 31.9 Å². The Morgan fingerprint density at radius 3 is 2.85 bits per heavy atom. The summed E-state index contributed by atoms with van der Waals surface area (Å²) in [5.74, 6) is 0.124. The highest BCUT2D eigenvalue weighted by molar-refractivity contribution is 7.84. The van der Waals surface area contributed by atoms with Gasteiger partial charge in [-0.05, 0) is 18.9 Å². The average Bonchev–Trinajstić information content (AvgIpc) is 3.05. The fourth-order valence-electron chi connectivity index (χ4n) is 2.84. The molecule has 0 radical (unpaired) electrons. The van der Waals surface area contributed by atoms with Crippen molar-refractivity contribution in [1.82, 2.24) is 14.5 Å². The van der Waals surface area contributed by atoms with Gasteiger partial charge in [0.2, 0.25) is 0 Å². The molecule has 0 spiro atoms. The van der Waals surface area contributed by atoms with E-state index in [0.717, 1.165) is 31.1 Å². The molecule has 1 saturated carbocycles. The fraction of sp³-hybridized carbons (Fsp3) is 0.500. The molecular formula is C12H16N4O3S. The topological polar surface area (TPSA) is 100 Å². The maximum absolute atomic E-state index is 11.3. The maximum Gasteiger partial charge on any atom is 0.335 e. The van der Waals surface area contributed by atoms with Crippen molar-refractivity contribution in [2.75, 3.05) is 0 Å². The first-order valence-corrected chi connectivity index (χ1v) is 7.99. The lowest BCUT2D eigenvalue weighted by atomic mass is 10.1. The van der Waals surface area contributed by atoms with E-state index in [1.165, 1.54) is 6.33 Å². The third-order valence-corrected chi connectivity index (χ3v) is 4.15. The second-order valence-corrected chi connectivity index (χ2v) is 6.23. The van der Waals surface area contributed by atoms with Crippen LogP contribution in [0.2, 0.25) is 0 Å². The van der Waals surface area contributed by atoms with E-state index in [1.807, 2.05) is 6.07 Å². The molecule has 2 N–H and O–H groups in total. The van der Waals surface area contributed by atoms with E-state index in [1.54, 1.807) is 17.0 Å². The standard InChI is InChI=1S/C12H16N4O3S/c13-20(17,18)19-12(9-3-1-2-4-9)16-6-5-10-7-14-8-15-11(10)16/h5-9,12H,1-4H2,(H2,13,17,18). The Morgan fingerprint density at radius 2 is 2.15 bits per heavy atom. The molecule has 3 rings (SSSR count). The molecule has 2 aromatic heterocycles. The number of fused-ring (bicyclic) bond motifs is 1. The predicted molar refractivity (Wildman–Crippen MR) is 72.7 cm³/mol. The summed E-state index contributed by atoms with van der Waals surface area (Å²) in [5, 5.41) is 5.90. The zero-order chi connectivity index (χ0) is 14.2. The van der Waals surface area contributed by atoms with Crippen LogP contribution < -0.4 is 5.14 Å². The van der Waals surface area contributed by atoms with Crippen LogP contribution in [-0.4, -0.2) is 23.0 Å². The van der Waals surface area contributed by atoms with Crippen molar-refractivity contribution in [1.29, 1.82) is 0 Å². The lowest BCUT2D eigenvalue weighted by Gasteiger charge is -2.24. The van der Waals surface area contributed by atoms with E-state index < -0.39 is 16.5 Å². The monoisotopic (exact) mass is 296 g/mol. The van der Waals surface area contributed by atoms with Crippen molar-refractivity contribution >= 4 is 21.3 Å². The predicted octanol–water partition coefficient (Wildman–Crippen LogP) is 1.34. The van der Waals surface area contributed by atoms with Gasteiger partial charge in [0.1, 0.15) is 12.0 Å². The molecule has 7 nitrogen and oxygen atoms in total. The lowest BCUT2D eigenvalue weighted by molar-refractivity contribution is 0.0805. The maximum atomic E-state index is 11.3. The largest absolute Gasteiger partial charge is 0.335 e. The zero-order valence-corrected chi connectivity index (χ0v) is 11.7. The van der Waals surface area contributed by atoms with Gasteiger partial charge in [-0.3, -0.25) is 0 Å². The summed E-state index contributed by atoms with van der Waals surface area (Å²) in [5.41, 5.74) is 0.653. The molecule has 108 valence electrons. The molecule has 0 saturated heterocycles. The average molecular weight is 296 g/mol. The number of rotatable bonds is 4. The third-order valence-electron chi connectivity index (χ3n) is 3.69. The molecular weight excluding hydrogens is 280 g/mol. The summed E-state index contributed by atoms with van der Waals surface area (Å²) in [6, 6.07) is 1.84. The van der Waals surface area contributed by atoms with Gasteiger partial charge in [-0.15, -0.1) is 0 Å². The molecule has 1 atom stereocenters. The van der Waals surface area contributed by atoms with Crippen molar-refractivity contribution in [2.45, 2.75) is 31.9 Å². The molecule has 20 heavy (non-hydrogen) atoms. The van der Waals surface area contributed by atoms with Crippen molar-refractivity contribution in [3.63, 3.8) is 0 Å². The molecule has 2 aromatic rings. The first-order chi connectivity index (χ1) is 9.54. The van der Waals surface area contributed by atoms with Gasteiger partial charge in [-0.2, -0.15) is 8.42 Å². The summed E-state index contributed by atoms with van der Waals surface area (Å²) < 4.78 is 29.5. The molecule has 1 unspecified atom stereocenters. The Hall–Kier alpha value is -1.51. The van der Waals surface area contributed by atoms with Crippen LogP contribution in [-0.2, 0) is 14.5 Å². The molecule has 1 aliphatic carbocycles. The van der Waals surface area contributed by atoms with Crippen LogP contribution in [0.5, 0.6) is 0 Å². The van der Waals surface area contributed by atoms with Crippen LogP contribution in [0.25, 0.3) is 11.0 Å². The van der Waals surface area contributed by atoms with Gasteiger partial charge >= 0.3 is 10.3 Å². The summed E-state index contributed by atoms with van der Waals surface area (Å²) in [7, 11) is -4.02. The van der Waals surface area contributed by atoms with Crippen LogP contribution in [0.3, 0.4) is 0 Å². The fourth-order valence-corrected chi connectivity index (χ4v) is 3.36. The molecule has 0 aliphatic heterocycles. The highest BCUT2D eigenvalue weighted by Gasteiger charge is 2.31. The molecule has 0 aromatic carbocycles. The van der Waals surface area contributed by atoms with Crippen molar-refractivity contribution in [3.05, 3.63) is 24.8 Å². The minimum Gasteiger partial charge on any atom is -0.304 e. The summed E-state index contributed by atoms with van der Waals surface area (Å²) in [6.07, 6.45) is 8.24. The lowest BCUT2D eigenvalue weighted by Crippen LogP contribution is -2.27. The van der Waals surface area contributed by atoms with Crippen molar-refractivity contribution < 1.29 is 12.6 Å². The third kappa shape index (κ3) is 2.67. The number of hydrogen-bond acceptors (Lipinski definition) is 5. The van der Waals surface area contributed by atoms with Crippen LogP contribution in [0.4, 0.5) is 0 Å². The van der Waals surface area contributed by atoms with Gasteiger partial charge in [0.25, 0.3) is 0 Å². The van der Waals surface area contributed by atoms with E-state index in [-0.39, 0.29) is 5.92 Å². The van der Waals surface area contributed by atoms with Gasteiger partial charge < -0.3 is 4.57 Å². The molecule has 1 fully saturated rings. The summed E-state index contributed by atoms with van der Waals surface area (Å²) in [4.78, 5) is 8.15. The van der Waals surface area contributed by atoms with Crippen molar-refractivity contribution in [3.8, 4) is 0 Å². The van der Waals surface area contributed by atoms with E-state index in [9.17, 15) is 8.42 Å². The number of nitrogens with zero attached hydrogens (tertiary/aromatic N) is 3. The first kappa shape index (κ1) is 13.5. The van der Waals surface area contributed by atoms with Crippen LogP contribution in [0, 0.1) is 5.92 Å². The van der Waals surface area contributed by atoms with Gasteiger partial charge in [0, 0.05) is 23.7 Å². The van der Waals surface area contributed by atoms with E-state index in [4.69, 9.17) is 9.32 Å². The Morgan fingerprint density at radius 1 is 1.40 bits per heavy atom. The minimum absolute atomic E-state index is 0.124. The Balaban J connectivity index is 2.03. The Labute approximate surface area is 117 Å². The van der Waals surface area contributed by atoms with E-state index in [0.29, 0.717) is 5.65 Å². The molecule has 0 amide bonds. The first-order valence-electron chi connectivity index (χ1n) is 6.52. The van der Waals surface area contributed by atoms with E-state index >= 15 is 0 Å². The van der Waals surface area contributed by atoms with Gasteiger partial charge in [0.15, 0.2) is 6.23 Å². The second-order valence-electron chi connectivity index (χ2n) is 5.05. The summed E-state index contributed by atoms with van der Waals surface area (Å²) >= 11 is 0. The Kier molecular flexibility index (Phi) is 3.45. The van der Waals surface area contributed by atoms with Gasteiger partial charge in [-0.1, -0.05) is 12.8 Å². The number of hydrogen-bond donors (Lipinski definition) is 1. The van der Waals surface area contributed by atoms with Crippen LogP contribution in [0.15, 0.2) is 24.8 Å². The van der Waals surface area contributed by atoms with Crippen LogP contribution >= 0.6 is 0 Å². The second kappa shape index (κ2) is 5.12. The normalized spacial score (nSPS) is 18.6. The molecule has 0 bridgehead atoms. The summed E-state index contributed by atoms with van der Waals surface area (Å²) in [6.45, 7) is 0. The zero-order valence-electron chi connectivity index (χ0n) is 10.8. The van der Waals surface area contributed by atoms with Gasteiger partial charge in [0.05, 0.1) is 0 Å². The molecule has 8 heteroatoms. The molecule has 2 heterocycles. The number of nitrogens with two attached hydrogens (primary N) is 1. The SMILES string of the molecule is NS(=O)(=O)OC(C1CCCC1)n1ccc2cncnc21. The van der Waals surface area contributed by atoms with Crippen molar-refractivity contribution in [2.24, 2.45) is 11.1 Å². The quantitative estimate of drug-likeness (QED) is 0.917. The van der Waals surface area contributed by atoms with E-state index in [2.05, 4.69) is 9.97 Å².